The van der Waals surface area contributed by atoms with Crippen LogP contribution in [0.3, 0.4) is 0 Å². The third-order valence-corrected chi connectivity index (χ3v) is 2.90. The first kappa shape index (κ1) is 12.8. The number of nitriles is 1. The van der Waals surface area contributed by atoms with E-state index in [1.165, 1.54) is 0 Å². The minimum Gasteiger partial charge on any atom is -0.378 e. The molecule has 0 heterocycles. The van der Waals surface area contributed by atoms with Gasteiger partial charge in [0.05, 0.1) is 12.2 Å². The summed E-state index contributed by atoms with van der Waals surface area (Å²) in [6, 6.07) is 9.44. The summed E-state index contributed by atoms with van der Waals surface area (Å²) >= 11 is 5.79. The van der Waals surface area contributed by atoms with Crippen LogP contribution in [-0.4, -0.2) is 18.8 Å². The summed E-state index contributed by atoms with van der Waals surface area (Å²) in [5, 5.41) is 13.0. The molecule has 1 N–H and O–H groups in total. The highest BCUT2D eigenvalue weighted by Crippen LogP contribution is 2.21. The molecule has 0 spiro atoms. The smallest absolute Gasteiger partial charge is 0.148 e. The van der Waals surface area contributed by atoms with Crippen LogP contribution in [0.2, 0.25) is 5.02 Å². The lowest BCUT2D eigenvalue weighted by Crippen LogP contribution is -2.44. The quantitative estimate of drug-likeness (QED) is 0.877. The molecule has 4 heteroatoms. The van der Waals surface area contributed by atoms with Crippen LogP contribution < -0.4 is 5.32 Å². The lowest BCUT2D eigenvalue weighted by Gasteiger charge is -2.29. The monoisotopic (exact) mass is 238 g/mol. The molecule has 0 radical (unpaired) electrons. The Balaban J connectivity index is 2.86. The summed E-state index contributed by atoms with van der Waals surface area (Å²) in [6.45, 7) is 3.65. The van der Waals surface area contributed by atoms with Gasteiger partial charge in [0, 0.05) is 17.8 Å². The van der Waals surface area contributed by atoms with Gasteiger partial charge < -0.3 is 10.1 Å². The predicted octanol–water partition coefficient (Wildman–Crippen LogP) is 3.07. The first-order valence-corrected chi connectivity index (χ1v) is 5.37. The number of halogens is 1. The summed E-state index contributed by atoms with van der Waals surface area (Å²) < 4.78 is 5.19. The van der Waals surface area contributed by atoms with Crippen LogP contribution in [0.15, 0.2) is 24.3 Å². The molecule has 16 heavy (non-hydrogen) atoms. The standard InChI is InChI=1S/C12H15ClN2O/c1-9(16-3)12(2,8-14)15-11-6-4-10(13)5-7-11/h4-7,9,15H,1-3H3. The lowest BCUT2D eigenvalue weighted by molar-refractivity contribution is 0.0853. The van der Waals surface area contributed by atoms with Gasteiger partial charge in [-0.05, 0) is 38.1 Å². The van der Waals surface area contributed by atoms with Crippen molar-refractivity contribution >= 4 is 17.3 Å². The van der Waals surface area contributed by atoms with Gasteiger partial charge >= 0.3 is 0 Å². The van der Waals surface area contributed by atoms with Gasteiger partial charge in [0.15, 0.2) is 0 Å². The summed E-state index contributed by atoms with van der Waals surface area (Å²) in [4.78, 5) is 0. The maximum atomic E-state index is 9.18. The predicted molar refractivity (Wildman–Crippen MR) is 65.6 cm³/mol. The van der Waals surface area contributed by atoms with Crippen molar-refractivity contribution in [2.24, 2.45) is 0 Å². The van der Waals surface area contributed by atoms with E-state index < -0.39 is 5.54 Å². The van der Waals surface area contributed by atoms with Gasteiger partial charge in [-0.3, -0.25) is 0 Å². The van der Waals surface area contributed by atoms with Crippen molar-refractivity contribution in [1.29, 1.82) is 5.26 Å². The first-order valence-electron chi connectivity index (χ1n) is 4.99. The van der Waals surface area contributed by atoms with Gasteiger partial charge in [0.1, 0.15) is 5.54 Å². The Bertz CT molecular complexity index is 385. The van der Waals surface area contributed by atoms with Crippen LogP contribution in [0.4, 0.5) is 5.69 Å². The molecule has 0 aromatic heterocycles. The minimum absolute atomic E-state index is 0.215. The summed E-state index contributed by atoms with van der Waals surface area (Å²) in [6.07, 6.45) is -0.215. The van der Waals surface area contributed by atoms with Crippen molar-refractivity contribution in [1.82, 2.24) is 0 Å². The van der Waals surface area contributed by atoms with Crippen molar-refractivity contribution in [3.63, 3.8) is 0 Å². The molecule has 0 bridgehead atoms. The number of benzene rings is 1. The summed E-state index contributed by atoms with van der Waals surface area (Å²) in [7, 11) is 1.59. The Morgan fingerprint density at radius 2 is 2.00 bits per heavy atom. The Hall–Kier alpha value is -1.24. The molecule has 0 aliphatic rings. The van der Waals surface area contributed by atoms with Gasteiger partial charge in [-0.25, -0.2) is 0 Å². The zero-order valence-corrected chi connectivity index (χ0v) is 10.4. The second kappa shape index (κ2) is 5.20. The largest absolute Gasteiger partial charge is 0.378 e. The van der Waals surface area contributed by atoms with Crippen LogP contribution >= 0.6 is 11.6 Å². The average Bonchev–Trinajstić information content (AvgIpc) is 2.31. The van der Waals surface area contributed by atoms with Crippen molar-refractivity contribution in [3.8, 4) is 6.07 Å². The van der Waals surface area contributed by atoms with Crippen LogP contribution in [0.1, 0.15) is 13.8 Å². The van der Waals surface area contributed by atoms with E-state index in [-0.39, 0.29) is 6.10 Å². The van der Waals surface area contributed by atoms with Gasteiger partial charge in [0.25, 0.3) is 0 Å². The number of hydrogen-bond donors (Lipinski definition) is 1. The van der Waals surface area contributed by atoms with Crippen LogP contribution in [0.5, 0.6) is 0 Å². The number of nitrogens with zero attached hydrogens (tertiary/aromatic N) is 1. The van der Waals surface area contributed by atoms with Crippen LogP contribution in [0, 0.1) is 11.3 Å². The van der Waals surface area contributed by atoms with Crippen LogP contribution in [0.25, 0.3) is 0 Å². The molecule has 0 saturated carbocycles. The van der Waals surface area contributed by atoms with Crippen molar-refractivity contribution < 1.29 is 4.74 Å². The van der Waals surface area contributed by atoms with Crippen LogP contribution in [-0.2, 0) is 4.74 Å². The second-order valence-electron chi connectivity index (χ2n) is 3.82. The summed E-state index contributed by atoms with van der Waals surface area (Å²) in [5.41, 5.74) is 0.0834. The number of methoxy groups -OCH3 is 1. The Morgan fingerprint density at radius 3 is 2.44 bits per heavy atom. The van der Waals surface area contributed by atoms with E-state index in [0.29, 0.717) is 5.02 Å². The van der Waals surface area contributed by atoms with Gasteiger partial charge in [-0.1, -0.05) is 11.6 Å². The maximum absolute atomic E-state index is 9.18. The molecule has 0 aliphatic heterocycles. The molecule has 0 saturated heterocycles. The molecular formula is C12H15ClN2O. The minimum atomic E-state index is -0.761. The van der Waals surface area contributed by atoms with E-state index >= 15 is 0 Å². The van der Waals surface area contributed by atoms with E-state index in [2.05, 4.69) is 11.4 Å². The molecule has 0 fully saturated rings. The number of nitrogens with one attached hydrogen (secondary N) is 1. The second-order valence-corrected chi connectivity index (χ2v) is 4.26. The molecule has 86 valence electrons. The fourth-order valence-corrected chi connectivity index (χ4v) is 1.42. The Morgan fingerprint density at radius 1 is 1.44 bits per heavy atom. The third-order valence-electron chi connectivity index (χ3n) is 2.65. The van der Waals surface area contributed by atoms with E-state index in [1.54, 1.807) is 26.2 Å². The zero-order valence-electron chi connectivity index (χ0n) is 9.62. The topological polar surface area (TPSA) is 45.0 Å². The van der Waals surface area contributed by atoms with E-state index in [1.807, 2.05) is 19.1 Å². The van der Waals surface area contributed by atoms with E-state index in [9.17, 15) is 5.26 Å². The molecule has 2 atom stereocenters. The molecule has 0 aliphatic carbocycles. The fraction of sp³-hybridized carbons (Fsp3) is 0.417. The fourth-order valence-electron chi connectivity index (χ4n) is 1.29. The third kappa shape index (κ3) is 2.88. The molecular weight excluding hydrogens is 224 g/mol. The number of hydrogen-bond acceptors (Lipinski definition) is 3. The SMILES string of the molecule is COC(C)C(C)(C#N)Nc1ccc(Cl)cc1. The number of anilines is 1. The normalized spacial score (nSPS) is 15.9. The number of ether oxygens (including phenoxy) is 1. The molecule has 3 nitrogen and oxygen atoms in total. The lowest BCUT2D eigenvalue weighted by atomic mass is 9.97. The van der Waals surface area contributed by atoms with Crippen molar-refractivity contribution in [2.45, 2.75) is 25.5 Å². The number of rotatable bonds is 4. The Kier molecular flexibility index (Phi) is 4.17. The van der Waals surface area contributed by atoms with Gasteiger partial charge in [0.2, 0.25) is 0 Å². The average molecular weight is 239 g/mol. The maximum Gasteiger partial charge on any atom is 0.148 e. The highest BCUT2D eigenvalue weighted by atomic mass is 35.5. The highest BCUT2D eigenvalue weighted by Gasteiger charge is 2.31. The molecule has 1 aromatic carbocycles. The molecule has 0 amide bonds. The van der Waals surface area contributed by atoms with E-state index in [4.69, 9.17) is 16.3 Å². The first-order chi connectivity index (χ1) is 7.51. The molecule has 2 unspecified atom stereocenters. The zero-order chi connectivity index (χ0) is 12.2. The Labute approximate surface area is 101 Å². The summed E-state index contributed by atoms with van der Waals surface area (Å²) in [5.74, 6) is 0. The highest BCUT2D eigenvalue weighted by molar-refractivity contribution is 6.30. The van der Waals surface area contributed by atoms with E-state index in [0.717, 1.165) is 5.69 Å². The van der Waals surface area contributed by atoms with Crippen molar-refractivity contribution in [2.75, 3.05) is 12.4 Å². The molecule has 1 aromatic rings. The van der Waals surface area contributed by atoms with Gasteiger partial charge in [-0.15, -0.1) is 0 Å². The van der Waals surface area contributed by atoms with Crippen molar-refractivity contribution in [3.05, 3.63) is 29.3 Å². The van der Waals surface area contributed by atoms with Gasteiger partial charge in [-0.2, -0.15) is 5.26 Å². The molecule has 1 rings (SSSR count).